The molecule has 0 bridgehead atoms. The summed E-state index contributed by atoms with van der Waals surface area (Å²) in [6.45, 7) is 0. The number of carbonyl (C=O) groups excluding carboxylic acids is 1. The molecule has 1 amide bonds. The van der Waals surface area contributed by atoms with Crippen LogP contribution in [0, 0.1) is 0 Å². The topological polar surface area (TPSA) is 50.5 Å². The first-order chi connectivity index (χ1) is 11.5. The summed E-state index contributed by atoms with van der Waals surface area (Å²) in [6, 6.07) is 11.4. The number of halogens is 2. The van der Waals surface area contributed by atoms with Gasteiger partial charge in [-0.15, -0.1) is 0 Å². The van der Waals surface area contributed by atoms with Crippen molar-refractivity contribution in [1.82, 2.24) is 4.90 Å². The quantitative estimate of drug-likeness (QED) is 0.651. The summed E-state index contributed by atoms with van der Waals surface area (Å²) in [4.78, 5) is 27.0. The minimum Gasteiger partial charge on any atom is -0.450 e. The SMILES string of the molecule is CN1C(=O)c2oc3ccccc3c(=O)c2[C@@H]1c1ccc(Cl)c(Cl)c1. The Balaban J connectivity index is 2.03. The maximum atomic E-state index is 12.9. The number of para-hydroxylation sites is 1. The lowest BCUT2D eigenvalue weighted by molar-refractivity contribution is 0.0771. The van der Waals surface area contributed by atoms with Gasteiger partial charge < -0.3 is 9.32 Å². The fourth-order valence-electron chi connectivity index (χ4n) is 3.11. The number of amides is 1. The molecule has 0 N–H and O–H groups in total. The summed E-state index contributed by atoms with van der Waals surface area (Å²) in [5, 5.41) is 1.23. The van der Waals surface area contributed by atoms with Crippen molar-refractivity contribution in [3.05, 3.63) is 79.6 Å². The molecule has 1 aliphatic heterocycles. The smallest absolute Gasteiger partial charge is 0.290 e. The average molecular weight is 360 g/mol. The van der Waals surface area contributed by atoms with Crippen LogP contribution in [0.2, 0.25) is 10.0 Å². The van der Waals surface area contributed by atoms with E-state index in [1.165, 1.54) is 4.90 Å². The molecule has 1 aromatic heterocycles. The Bertz CT molecular complexity index is 1060. The molecule has 0 spiro atoms. The second-order valence-electron chi connectivity index (χ2n) is 5.66. The third-order valence-electron chi connectivity index (χ3n) is 4.27. The second-order valence-corrected chi connectivity index (χ2v) is 6.48. The maximum absolute atomic E-state index is 12.9. The molecule has 1 atom stereocenters. The zero-order chi connectivity index (χ0) is 17.0. The Labute approximate surface area is 147 Å². The van der Waals surface area contributed by atoms with E-state index in [9.17, 15) is 9.59 Å². The number of nitrogens with zero attached hydrogens (tertiary/aromatic N) is 1. The van der Waals surface area contributed by atoms with Crippen molar-refractivity contribution in [2.24, 2.45) is 0 Å². The highest BCUT2D eigenvalue weighted by atomic mass is 35.5. The van der Waals surface area contributed by atoms with Crippen LogP contribution in [0.5, 0.6) is 0 Å². The molecule has 2 aromatic carbocycles. The summed E-state index contributed by atoms with van der Waals surface area (Å²) < 4.78 is 5.72. The summed E-state index contributed by atoms with van der Waals surface area (Å²) in [5.41, 5.74) is 1.24. The molecule has 0 fully saturated rings. The molecule has 0 radical (unpaired) electrons. The number of rotatable bonds is 1. The summed E-state index contributed by atoms with van der Waals surface area (Å²) in [5.74, 6) is -0.249. The molecular weight excluding hydrogens is 349 g/mol. The van der Waals surface area contributed by atoms with E-state index in [1.807, 2.05) is 0 Å². The van der Waals surface area contributed by atoms with Crippen LogP contribution in [0.1, 0.15) is 27.7 Å². The minimum absolute atomic E-state index is 0.0808. The molecule has 3 aromatic rings. The summed E-state index contributed by atoms with van der Waals surface area (Å²) in [6.07, 6.45) is 0. The molecule has 0 saturated carbocycles. The van der Waals surface area contributed by atoms with Gasteiger partial charge in [0.15, 0.2) is 5.43 Å². The van der Waals surface area contributed by atoms with Crippen LogP contribution >= 0.6 is 23.2 Å². The largest absolute Gasteiger partial charge is 0.450 e. The van der Waals surface area contributed by atoms with Gasteiger partial charge in [-0.3, -0.25) is 9.59 Å². The molecule has 0 unspecified atom stereocenters. The Morgan fingerprint density at radius 3 is 2.54 bits per heavy atom. The standard InChI is InChI=1S/C18H11Cl2NO3/c1-21-15(9-6-7-11(19)12(20)8-9)14-16(22)10-4-2-3-5-13(10)24-17(14)18(21)23/h2-8,15H,1H3/t15-/m0/s1. The second kappa shape index (κ2) is 5.36. The van der Waals surface area contributed by atoms with E-state index >= 15 is 0 Å². The summed E-state index contributed by atoms with van der Waals surface area (Å²) in [7, 11) is 1.63. The van der Waals surface area contributed by atoms with E-state index in [1.54, 1.807) is 49.5 Å². The first kappa shape index (κ1) is 15.2. The highest BCUT2D eigenvalue weighted by molar-refractivity contribution is 6.42. The molecule has 0 aliphatic carbocycles. The fourth-order valence-corrected chi connectivity index (χ4v) is 3.41. The number of fused-ring (bicyclic) bond motifs is 2. The van der Waals surface area contributed by atoms with Crippen LogP contribution in [0.15, 0.2) is 51.7 Å². The van der Waals surface area contributed by atoms with Crippen molar-refractivity contribution in [2.75, 3.05) is 7.05 Å². The lowest BCUT2D eigenvalue weighted by atomic mass is 9.99. The number of carbonyl (C=O) groups is 1. The van der Waals surface area contributed by atoms with Crippen LogP contribution in [0.25, 0.3) is 11.0 Å². The van der Waals surface area contributed by atoms with Gasteiger partial charge in [-0.25, -0.2) is 0 Å². The minimum atomic E-state index is -0.553. The van der Waals surface area contributed by atoms with Gasteiger partial charge in [0.05, 0.1) is 27.0 Å². The lowest BCUT2D eigenvalue weighted by Gasteiger charge is -2.20. The third kappa shape index (κ3) is 2.07. The van der Waals surface area contributed by atoms with E-state index in [0.29, 0.717) is 32.1 Å². The van der Waals surface area contributed by atoms with Crippen LogP contribution in [-0.4, -0.2) is 17.9 Å². The molecule has 0 saturated heterocycles. The molecule has 120 valence electrons. The van der Waals surface area contributed by atoms with Crippen LogP contribution < -0.4 is 5.43 Å². The van der Waals surface area contributed by atoms with Crippen LogP contribution in [0.3, 0.4) is 0 Å². The van der Waals surface area contributed by atoms with E-state index in [0.717, 1.165) is 0 Å². The van der Waals surface area contributed by atoms with Crippen LogP contribution in [0.4, 0.5) is 0 Å². The highest BCUT2D eigenvalue weighted by Gasteiger charge is 2.40. The molecule has 1 aliphatic rings. The normalized spacial score (nSPS) is 16.7. The first-order valence-corrected chi connectivity index (χ1v) is 8.02. The molecule has 4 rings (SSSR count). The fraction of sp³-hybridized carbons (Fsp3) is 0.111. The predicted molar refractivity (Wildman–Crippen MR) is 92.9 cm³/mol. The first-order valence-electron chi connectivity index (χ1n) is 7.27. The summed E-state index contributed by atoms with van der Waals surface area (Å²) >= 11 is 12.1. The third-order valence-corrected chi connectivity index (χ3v) is 5.01. The zero-order valence-electron chi connectivity index (χ0n) is 12.5. The Hall–Kier alpha value is -2.30. The number of benzene rings is 2. The van der Waals surface area contributed by atoms with Gasteiger partial charge >= 0.3 is 0 Å². The van der Waals surface area contributed by atoms with Gasteiger partial charge in [-0.2, -0.15) is 0 Å². The van der Waals surface area contributed by atoms with Crippen molar-refractivity contribution in [2.45, 2.75) is 6.04 Å². The molecule has 4 nitrogen and oxygen atoms in total. The van der Waals surface area contributed by atoms with Crippen molar-refractivity contribution < 1.29 is 9.21 Å². The highest BCUT2D eigenvalue weighted by Crippen LogP contribution is 2.38. The number of hydrogen-bond donors (Lipinski definition) is 0. The van der Waals surface area contributed by atoms with Crippen molar-refractivity contribution >= 4 is 40.1 Å². The predicted octanol–water partition coefficient (Wildman–Crippen LogP) is 4.27. The van der Waals surface area contributed by atoms with Gasteiger partial charge in [-0.1, -0.05) is 41.4 Å². The average Bonchev–Trinajstić information content (AvgIpc) is 2.83. The monoisotopic (exact) mass is 359 g/mol. The van der Waals surface area contributed by atoms with E-state index in [4.69, 9.17) is 27.6 Å². The Morgan fingerprint density at radius 1 is 1.04 bits per heavy atom. The maximum Gasteiger partial charge on any atom is 0.290 e. The lowest BCUT2D eigenvalue weighted by Crippen LogP contribution is -2.25. The van der Waals surface area contributed by atoms with Gasteiger partial charge in [0.2, 0.25) is 5.76 Å². The van der Waals surface area contributed by atoms with Crippen LogP contribution in [-0.2, 0) is 0 Å². The van der Waals surface area contributed by atoms with E-state index < -0.39 is 6.04 Å². The molecule has 6 heteroatoms. The molecular formula is C18H11Cl2NO3. The Kier molecular flexibility index (Phi) is 3.41. The van der Waals surface area contributed by atoms with Crippen molar-refractivity contribution in [3.8, 4) is 0 Å². The van der Waals surface area contributed by atoms with E-state index in [2.05, 4.69) is 0 Å². The molecule has 24 heavy (non-hydrogen) atoms. The molecule has 2 heterocycles. The van der Waals surface area contributed by atoms with Gasteiger partial charge in [-0.05, 0) is 29.8 Å². The van der Waals surface area contributed by atoms with E-state index in [-0.39, 0.29) is 17.1 Å². The van der Waals surface area contributed by atoms with Gasteiger partial charge in [0, 0.05) is 7.05 Å². The van der Waals surface area contributed by atoms with Crippen molar-refractivity contribution in [1.29, 1.82) is 0 Å². The van der Waals surface area contributed by atoms with Gasteiger partial charge in [0.1, 0.15) is 5.58 Å². The number of hydrogen-bond acceptors (Lipinski definition) is 3. The Morgan fingerprint density at radius 2 is 1.79 bits per heavy atom. The zero-order valence-corrected chi connectivity index (χ0v) is 14.1. The van der Waals surface area contributed by atoms with Crippen molar-refractivity contribution in [3.63, 3.8) is 0 Å². The van der Waals surface area contributed by atoms with Gasteiger partial charge in [0.25, 0.3) is 5.91 Å².